The molecular weight excluding hydrogens is 721 g/mol. The first-order valence-electron chi connectivity index (χ1n) is 19.4. The number of hydrazine groups is 1. The molecule has 0 fully saturated rings. The van der Waals surface area contributed by atoms with E-state index in [9.17, 15) is 0 Å². The number of benzene rings is 6. The minimum Gasteiger partial charge on any atom is -0.412 e. The zero-order chi connectivity index (χ0) is 39.3. The van der Waals surface area contributed by atoms with Crippen molar-refractivity contribution in [3.8, 4) is 22.5 Å². The number of aromatic amines is 1. The number of unbranched alkanes of at least 4 members (excludes halogenated alkanes) is 1. The van der Waals surface area contributed by atoms with Crippen LogP contribution in [-0.2, 0) is 36.3 Å². The second-order valence-corrected chi connectivity index (χ2v) is 13.8. The summed E-state index contributed by atoms with van der Waals surface area (Å²) in [6, 6.07) is 58.7. The topological polar surface area (TPSA) is 165 Å². The lowest BCUT2D eigenvalue weighted by molar-refractivity contribution is 0.104. The van der Waals surface area contributed by atoms with Crippen LogP contribution in [0.2, 0.25) is 0 Å². The lowest BCUT2D eigenvalue weighted by atomic mass is 9.77. The number of nitrogens with two attached hydrogens (primary N) is 2. The van der Waals surface area contributed by atoms with Gasteiger partial charge in [0.2, 0.25) is 5.82 Å². The van der Waals surface area contributed by atoms with E-state index in [0.717, 1.165) is 76.0 Å². The molecule has 0 aliphatic carbocycles. The zero-order valence-corrected chi connectivity index (χ0v) is 32.7. The molecule has 0 aliphatic rings. The van der Waals surface area contributed by atoms with E-state index < -0.39 is 5.54 Å². The maximum absolute atomic E-state index is 6.14. The minimum absolute atomic E-state index is 0. The maximum Gasteiger partial charge on any atom is 0.205 e. The van der Waals surface area contributed by atoms with Crippen molar-refractivity contribution in [1.29, 1.82) is 0 Å². The van der Waals surface area contributed by atoms with Crippen molar-refractivity contribution in [3.63, 3.8) is 0 Å². The summed E-state index contributed by atoms with van der Waals surface area (Å²) in [5.74, 6) is 8.56. The number of H-pyrrole nitrogens is 1. The number of ether oxygens (including phenoxy) is 1. The Morgan fingerprint density at radius 3 is 1.72 bits per heavy atom. The maximum atomic E-state index is 6.14. The Morgan fingerprint density at radius 2 is 1.16 bits per heavy atom. The summed E-state index contributed by atoms with van der Waals surface area (Å²) < 4.78 is 6.14. The Labute approximate surface area is 339 Å². The molecular formula is C48H50N8O2. The van der Waals surface area contributed by atoms with Crippen molar-refractivity contribution in [2.45, 2.75) is 51.4 Å². The first kappa shape index (κ1) is 41.1. The Balaban J connectivity index is 0.00000186. The number of aryl methyl sites for hydroxylation is 1. The number of hydrogen-bond acceptors (Lipinski definition) is 7. The highest BCUT2D eigenvalue weighted by molar-refractivity contribution is 5.80. The van der Waals surface area contributed by atoms with Gasteiger partial charge in [0.1, 0.15) is 0 Å². The quantitative estimate of drug-likeness (QED) is 0.0537. The van der Waals surface area contributed by atoms with E-state index in [1.807, 2.05) is 42.5 Å². The van der Waals surface area contributed by atoms with E-state index in [1.54, 1.807) is 4.80 Å². The van der Waals surface area contributed by atoms with Crippen LogP contribution in [-0.4, -0.2) is 35.9 Å². The van der Waals surface area contributed by atoms with Crippen LogP contribution in [0.4, 0.5) is 0 Å². The van der Waals surface area contributed by atoms with Crippen molar-refractivity contribution in [3.05, 3.63) is 215 Å². The molecule has 0 saturated carbocycles. The van der Waals surface area contributed by atoms with Gasteiger partial charge in [-0.25, -0.2) is 0 Å². The number of nitrogens with one attached hydrogen (secondary N) is 1. The molecule has 294 valence electrons. The zero-order valence-electron chi connectivity index (χ0n) is 32.7. The molecule has 6 aromatic carbocycles. The standard InChI is InChI=1S/C48H44N6O.H4N2.H2O/c1-2-3-28-45-44(46(50-49-45)35-55-34-37-18-8-4-9-19-37)33-36-29-31-38(32-30-36)42-26-16-17-27-43(42)47-51-53-54(52-47)48(39-20-10-5-11-21-39,40-22-12-6-13-23-40)41-24-14-7-15-25-41;1-2;/h4-27,29-32H,2-3,28,33-35H2,1H3,(H,49,50);1-2H2;1H2. The number of tetrazole rings is 1. The van der Waals surface area contributed by atoms with Crippen molar-refractivity contribution in [1.82, 2.24) is 30.4 Å². The Kier molecular flexibility index (Phi) is 14.2. The summed E-state index contributed by atoms with van der Waals surface area (Å²) in [5.41, 5.74) is 11.1. The van der Waals surface area contributed by atoms with Crippen LogP contribution in [0.25, 0.3) is 22.5 Å². The average molecular weight is 771 g/mol. The minimum atomic E-state index is -0.847. The second-order valence-electron chi connectivity index (χ2n) is 13.8. The Bertz CT molecular complexity index is 2320. The molecule has 0 unspecified atom stereocenters. The molecule has 0 saturated heterocycles. The smallest absolute Gasteiger partial charge is 0.205 e. The molecule has 8 aromatic rings. The second kappa shape index (κ2) is 20.0. The van der Waals surface area contributed by atoms with Gasteiger partial charge in [-0.05, 0) is 57.0 Å². The highest BCUT2D eigenvalue weighted by Crippen LogP contribution is 2.40. The Morgan fingerprint density at radius 1 is 0.621 bits per heavy atom. The molecule has 0 bridgehead atoms. The molecule has 2 aromatic heterocycles. The monoisotopic (exact) mass is 770 g/mol. The summed E-state index contributed by atoms with van der Waals surface area (Å²) in [7, 11) is 0. The molecule has 0 radical (unpaired) electrons. The predicted octanol–water partition coefficient (Wildman–Crippen LogP) is 8.21. The fraction of sp³-hybridized carbons (Fsp3) is 0.167. The molecule has 0 spiro atoms. The van der Waals surface area contributed by atoms with E-state index in [0.29, 0.717) is 19.0 Å². The van der Waals surface area contributed by atoms with Crippen LogP contribution in [0.1, 0.15) is 64.5 Å². The SMILES string of the molecule is CCCCc1n[nH]c(COCc2ccccc2)c1Cc1ccc(-c2ccccc2-c2nnn(C(c3ccccc3)(c3ccccc3)c3ccccc3)n2)cc1.NN.O. The third kappa shape index (κ3) is 8.86. The van der Waals surface area contributed by atoms with Gasteiger partial charge in [-0.2, -0.15) is 5.10 Å². The summed E-state index contributed by atoms with van der Waals surface area (Å²) in [5, 5.41) is 22.8. The van der Waals surface area contributed by atoms with Gasteiger partial charge < -0.3 is 10.2 Å². The molecule has 10 heteroatoms. The van der Waals surface area contributed by atoms with Crippen LogP contribution in [0.3, 0.4) is 0 Å². The molecule has 58 heavy (non-hydrogen) atoms. The first-order valence-corrected chi connectivity index (χ1v) is 19.4. The fourth-order valence-corrected chi connectivity index (χ4v) is 7.45. The van der Waals surface area contributed by atoms with E-state index >= 15 is 0 Å². The molecule has 0 aliphatic heterocycles. The van der Waals surface area contributed by atoms with Crippen LogP contribution in [0.5, 0.6) is 0 Å². The highest BCUT2D eigenvalue weighted by Gasteiger charge is 2.41. The number of nitrogens with zero attached hydrogens (tertiary/aromatic N) is 5. The molecule has 0 amide bonds. The molecule has 2 heterocycles. The van der Waals surface area contributed by atoms with Crippen molar-refractivity contribution in [2.24, 2.45) is 11.7 Å². The van der Waals surface area contributed by atoms with Gasteiger partial charge in [-0.3, -0.25) is 16.8 Å². The normalized spacial score (nSPS) is 11.0. The van der Waals surface area contributed by atoms with Gasteiger partial charge in [0.25, 0.3) is 0 Å². The van der Waals surface area contributed by atoms with E-state index in [1.165, 1.54) is 11.1 Å². The van der Waals surface area contributed by atoms with Crippen molar-refractivity contribution in [2.75, 3.05) is 0 Å². The molecule has 0 atom stereocenters. The van der Waals surface area contributed by atoms with Crippen LogP contribution in [0, 0.1) is 0 Å². The van der Waals surface area contributed by atoms with Crippen LogP contribution in [0.15, 0.2) is 170 Å². The molecule has 10 nitrogen and oxygen atoms in total. The number of aromatic nitrogens is 6. The average Bonchev–Trinajstić information content (AvgIpc) is 3.93. The lowest BCUT2D eigenvalue weighted by Crippen LogP contribution is -2.39. The highest BCUT2D eigenvalue weighted by atomic mass is 16.5. The van der Waals surface area contributed by atoms with E-state index in [-0.39, 0.29) is 5.48 Å². The summed E-state index contributed by atoms with van der Waals surface area (Å²) in [4.78, 5) is 1.78. The molecule has 7 N–H and O–H groups in total. The van der Waals surface area contributed by atoms with Gasteiger partial charge in [0.15, 0.2) is 5.54 Å². The first-order chi connectivity index (χ1) is 28.2. The largest absolute Gasteiger partial charge is 0.412 e. The van der Waals surface area contributed by atoms with E-state index in [2.05, 4.69) is 151 Å². The predicted molar refractivity (Wildman–Crippen MR) is 230 cm³/mol. The van der Waals surface area contributed by atoms with Crippen LogP contribution < -0.4 is 11.7 Å². The van der Waals surface area contributed by atoms with Crippen molar-refractivity contribution < 1.29 is 10.2 Å². The summed E-state index contributed by atoms with van der Waals surface area (Å²) >= 11 is 0. The van der Waals surface area contributed by atoms with Crippen LogP contribution >= 0.6 is 0 Å². The van der Waals surface area contributed by atoms with Gasteiger partial charge in [-0.1, -0.05) is 183 Å². The third-order valence-electron chi connectivity index (χ3n) is 10.3. The third-order valence-corrected chi connectivity index (χ3v) is 10.3. The van der Waals surface area contributed by atoms with Gasteiger partial charge in [0.05, 0.1) is 24.6 Å². The lowest BCUT2D eigenvalue weighted by Gasteiger charge is -2.34. The van der Waals surface area contributed by atoms with Gasteiger partial charge in [0, 0.05) is 17.5 Å². The summed E-state index contributed by atoms with van der Waals surface area (Å²) in [6.07, 6.45) is 3.94. The Hall–Kier alpha value is -6.56. The van der Waals surface area contributed by atoms with Crippen molar-refractivity contribution >= 4 is 0 Å². The number of hydrogen-bond donors (Lipinski definition) is 3. The summed E-state index contributed by atoms with van der Waals surface area (Å²) in [6.45, 7) is 3.27. The van der Waals surface area contributed by atoms with E-state index in [4.69, 9.17) is 25.2 Å². The van der Waals surface area contributed by atoms with Gasteiger partial charge >= 0.3 is 0 Å². The molecule has 8 rings (SSSR count). The number of rotatable bonds is 15. The van der Waals surface area contributed by atoms with Gasteiger partial charge in [-0.15, -0.1) is 15.0 Å². The fourth-order valence-electron chi connectivity index (χ4n) is 7.45.